The van der Waals surface area contributed by atoms with Crippen molar-refractivity contribution in [3.8, 4) is 0 Å². The zero-order valence-electron chi connectivity index (χ0n) is 15.8. The molecule has 146 valence electrons. The third-order valence-electron chi connectivity index (χ3n) is 5.71. The molecule has 0 amide bonds. The minimum Gasteiger partial charge on any atom is -0.397 e. The first-order valence-corrected chi connectivity index (χ1v) is 9.18. The van der Waals surface area contributed by atoms with E-state index in [1.165, 1.54) is 24.2 Å². The molecule has 26 heavy (non-hydrogen) atoms. The van der Waals surface area contributed by atoms with Gasteiger partial charge >= 0.3 is 0 Å². The van der Waals surface area contributed by atoms with Gasteiger partial charge < -0.3 is 22.2 Å². The number of nitrogens with two attached hydrogens (primary N) is 4. The number of aryl methyl sites for hydroxylation is 1. The lowest BCUT2D eigenvalue weighted by atomic mass is 9.70. The average Bonchev–Trinajstić information content (AvgIpc) is 2.59. The van der Waals surface area contributed by atoms with Gasteiger partial charge in [0.2, 0.25) is 0 Å². The number of nitrogens with zero attached hydrogens (tertiary/aromatic N) is 1. The molecule has 0 aromatic heterocycles. The minimum absolute atomic E-state index is 0.182. The fraction of sp³-hybridized carbons (Fsp3) is 0.579. The fourth-order valence-corrected chi connectivity index (χ4v) is 4.01. The summed E-state index contributed by atoms with van der Waals surface area (Å²) in [5.41, 5.74) is 19.8. The molecule has 0 radical (unpaired) electrons. The van der Waals surface area contributed by atoms with Gasteiger partial charge in [-0.25, -0.2) is 14.6 Å². The van der Waals surface area contributed by atoms with Gasteiger partial charge in [-0.1, -0.05) is 26.7 Å². The second-order valence-corrected chi connectivity index (χ2v) is 7.34. The first-order chi connectivity index (χ1) is 12.2. The van der Waals surface area contributed by atoms with Crippen LogP contribution in [0.2, 0.25) is 0 Å². The molecule has 0 aliphatic heterocycles. The van der Waals surface area contributed by atoms with Crippen LogP contribution in [0, 0.1) is 30.4 Å². The van der Waals surface area contributed by atoms with Gasteiger partial charge in [-0.15, -0.1) is 0 Å². The van der Waals surface area contributed by atoms with E-state index in [2.05, 4.69) is 13.8 Å². The van der Waals surface area contributed by atoms with Gasteiger partial charge in [0.1, 0.15) is 0 Å². The summed E-state index contributed by atoms with van der Waals surface area (Å²) in [6, 6.07) is 1.91. The summed E-state index contributed by atoms with van der Waals surface area (Å²) in [5.74, 6) is 5.10. The highest BCUT2D eigenvalue weighted by Crippen LogP contribution is 2.34. The minimum atomic E-state index is -0.942. The molecule has 0 bridgehead atoms. The van der Waals surface area contributed by atoms with Crippen LogP contribution in [-0.2, 0) is 0 Å². The highest BCUT2D eigenvalue weighted by Gasteiger charge is 2.41. The largest absolute Gasteiger partial charge is 0.397 e. The zero-order chi connectivity index (χ0) is 19.6. The predicted octanol–water partition coefficient (Wildman–Crippen LogP) is 2.19. The van der Waals surface area contributed by atoms with Crippen molar-refractivity contribution < 1.29 is 8.78 Å². The van der Waals surface area contributed by atoms with Crippen LogP contribution in [0.1, 0.15) is 44.2 Å². The van der Waals surface area contributed by atoms with Crippen molar-refractivity contribution in [3.63, 3.8) is 0 Å². The van der Waals surface area contributed by atoms with Crippen LogP contribution in [0.15, 0.2) is 18.3 Å². The number of rotatable bonds is 5. The lowest BCUT2D eigenvalue weighted by Crippen LogP contribution is -2.65. The van der Waals surface area contributed by atoms with Crippen molar-refractivity contribution in [2.75, 3.05) is 0 Å². The van der Waals surface area contributed by atoms with Gasteiger partial charge in [-0.05, 0) is 42.9 Å². The van der Waals surface area contributed by atoms with Crippen LogP contribution in [0.4, 0.5) is 8.78 Å². The Kier molecular flexibility index (Phi) is 6.60. The van der Waals surface area contributed by atoms with Crippen molar-refractivity contribution in [1.82, 2.24) is 5.01 Å². The number of hydrogen-bond acceptors (Lipinski definition) is 5. The van der Waals surface area contributed by atoms with E-state index in [0.717, 1.165) is 25.3 Å². The topological polar surface area (TPSA) is 107 Å². The van der Waals surface area contributed by atoms with E-state index >= 15 is 0 Å². The maximum atomic E-state index is 13.7. The SMILES string of the molecule is CCC1CC(CC)C(N)C(N(N)/C=C(\N)c2cc(C)c(F)c(F)c2)C1N. The number of hydrazine groups is 1. The first kappa shape index (κ1) is 20.6. The van der Waals surface area contributed by atoms with E-state index in [1.54, 1.807) is 0 Å². The van der Waals surface area contributed by atoms with Crippen LogP contribution in [0.3, 0.4) is 0 Å². The quantitative estimate of drug-likeness (QED) is 0.471. The molecule has 4 unspecified atom stereocenters. The standard InChI is InChI=1S/C19H31F2N5/c1-4-11-7-12(5-2)18(24)19(17(11)23)26(25)9-15(22)13-6-10(3)16(21)14(20)8-13/h6,8-9,11-12,17-19H,4-5,7,22-25H2,1-3H3/b15-9-. The number of halogens is 2. The lowest BCUT2D eigenvalue weighted by Gasteiger charge is -2.47. The van der Waals surface area contributed by atoms with E-state index < -0.39 is 11.6 Å². The Morgan fingerprint density at radius 1 is 1.15 bits per heavy atom. The number of benzene rings is 1. The Hall–Kier alpha value is -1.70. The summed E-state index contributed by atoms with van der Waals surface area (Å²) in [4.78, 5) is 0. The Morgan fingerprint density at radius 2 is 1.69 bits per heavy atom. The van der Waals surface area contributed by atoms with Crippen LogP contribution in [0.25, 0.3) is 5.70 Å². The molecule has 4 atom stereocenters. The summed E-state index contributed by atoms with van der Waals surface area (Å²) in [6.07, 6.45) is 4.41. The highest BCUT2D eigenvalue weighted by molar-refractivity contribution is 5.63. The fourth-order valence-electron chi connectivity index (χ4n) is 4.01. The van der Waals surface area contributed by atoms with Crippen molar-refractivity contribution in [1.29, 1.82) is 0 Å². The Balaban J connectivity index is 2.30. The monoisotopic (exact) mass is 367 g/mol. The molecule has 0 heterocycles. The summed E-state index contributed by atoms with van der Waals surface area (Å²) < 4.78 is 27.2. The smallest absolute Gasteiger partial charge is 0.161 e. The van der Waals surface area contributed by atoms with Crippen molar-refractivity contribution in [2.24, 2.45) is 34.9 Å². The molecule has 8 N–H and O–H groups in total. The van der Waals surface area contributed by atoms with Gasteiger partial charge in [-0.3, -0.25) is 0 Å². The molecule has 0 spiro atoms. The van der Waals surface area contributed by atoms with Gasteiger partial charge in [0.25, 0.3) is 0 Å². The molecule has 1 aromatic carbocycles. The van der Waals surface area contributed by atoms with Crippen LogP contribution in [0.5, 0.6) is 0 Å². The molecule has 5 nitrogen and oxygen atoms in total. The molecule has 7 heteroatoms. The van der Waals surface area contributed by atoms with E-state index in [0.29, 0.717) is 17.4 Å². The Labute approximate surface area is 154 Å². The van der Waals surface area contributed by atoms with Gasteiger partial charge in [0.15, 0.2) is 11.6 Å². The van der Waals surface area contributed by atoms with Gasteiger partial charge in [0.05, 0.1) is 11.7 Å². The molecule has 1 aromatic rings. The summed E-state index contributed by atoms with van der Waals surface area (Å²) in [6.45, 7) is 5.71. The zero-order valence-corrected chi connectivity index (χ0v) is 15.8. The van der Waals surface area contributed by atoms with Crippen LogP contribution >= 0.6 is 0 Å². The molecular formula is C19H31F2N5. The maximum absolute atomic E-state index is 13.7. The lowest BCUT2D eigenvalue weighted by molar-refractivity contribution is 0.0832. The first-order valence-electron chi connectivity index (χ1n) is 9.18. The highest BCUT2D eigenvalue weighted by atomic mass is 19.2. The summed E-state index contributed by atoms with van der Waals surface area (Å²) in [5, 5.41) is 1.45. The van der Waals surface area contributed by atoms with Gasteiger partial charge in [0, 0.05) is 23.8 Å². The van der Waals surface area contributed by atoms with Crippen molar-refractivity contribution >= 4 is 5.70 Å². The Morgan fingerprint density at radius 3 is 2.15 bits per heavy atom. The normalized spacial score (nSPS) is 29.7. The third kappa shape index (κ3) is 4.00. The van der Waals surface area contributed by atoms with E-state index in [9.17, 15) is 8.78 Å². The predicted molar refractivity (Wildman–Crippen MR) is 101 cm³/mol. The van der Waals surface area contributed by atoms with E-state index in [1.807, 2.05) is 0 Å². The van der Waals surface area contributed by atoms with Crippen LogP contribution in [-0.4, -0.2) is 23.1 Å². The molecule has 0 saturated heterocycles. The molecule has 1 aliphatic carbocycles. The van der Waals surface area contributed by atoms with Crippen molar-refractivity contribution in [2.45, 2.75) is 58.2 Å². The van der Waals surface area contributed by atoms with Crippen molar-refractivity contribution in [3.05, 3.63) is 41.1 Å². The van der Waals surface area contributed by atoms with E-state index in [-0.39, 0.29) is 29.4 Å². The van der Waals surface area contributed by atoms with E-state index in [4.69, 9.17) is 23.0 Å². The summed E-state index contributed by atoms with van der Waals surface area (Å²) >= 11 is 0. The molecular weight excluding hydrogens is 336 g/mol. The van der Waals surface area contributed by atoms with Gasteiger partial charge in [-0.2, -0.15) is 0 Å². The average molecular weight is 367 g/mol. The maximum Gasteiger partial charge on any atom is 0.161 e. The third-order valence-corrected chi connectivity index (χ3v) is 5.71. The Bertz CT molecular complexity index is 624. The molecule has 1 aliphatic rings. The summed E-state index contributed by atoms with van der Waals surface area (Å²) in [7, 11) is 0. The number of hydrogen-bond donors (Lipinski definition) is 4. The second-order valence-electron chi connectivity index (χ2n) is 7.34. The molecule has 2 rings (SSSR count). The second kappa shape index (κ2) is 8.33. The van der Waals surface area contributed by atoms with Crippen LogP contribution < -0.4 is 23.0 Å². The molecule has 1 fully saturated rings. The molecule has 1 saturated carbocycles.